The fourth-order valence-corrected chi connectivity index (χ4v) is 6.40. The average Bonchev–Trinajstić information content (AvgIpc) is 3.05. The Morgan fingerprint density at radius 1 is 1.12 bits per heavy atom. The van der Waals surface area contributed by atoms with E-state index in [1.165, 1.54) is 18.2 Å². The topological polar surface area (TPSA) is 121 Å². The van der Waals surface area contributed by atoms with Crippen molar-refractivity contribution in [1.29, 1.82) is 0 Å². The molecule has 0 atom stereocenters. The molecule has 0 unspecified atom stereocenters. The molecule has 1 aliphatic rings. The Hall–Kier alpha value is -2.32. The molecule has 1 aliphatic heterocycles. The lowest BCUT2D eigenvalue weighted by molar-refractivity contribution is -0.153. The molecule has 32 heavy (non-hydrogen) atoms. The standard InChI is InChI=1S/C18H23F3N4O5S2/c1-12-17(13(2)23-22-12)31(26,27)24-15-10-14(6-7-16(15)30-11-18(19,20)21)32(28,29)25-8-4-3-5-9-25/h6-7,10,24H,3-5,8-9,11H2,1-2H3,(H,22,23). The van der Waals surface area contributed by atoms with Crippen LogP contribution in [0.1, 0.15) is 30.7 Å². The molecule has 2 heterocycles. The van der Waals surface area contributed by atoms with Gasteiger partial charge in [0.05, 0.1) is 22.0 Å². The molecular formula is C18H23F3N4O5S2. The van der Waals surface area contributed by atoms with Crippen molar-refractivity contribution in [3.8, 4) is 5.75 Å². The van der Waals surface area contributed by atoms with Crippen molar-refractivity contribution in [2.75, 3.05) is 24.4 Å². The molecule has 1 aromatic carbocycles. The van der Waals surface area contributed by atoms with Crippen LogP contribution < -0.4 is 9.46 Å². The summed E-state index contributed by atoms with van der Waals surface area (Å²) in [4.78, 5) is -0.444. The van der Waals surface area contributed by atoms with Gasteiger partial charge in [-0.3, -0.25) is 9.82 Å². The molecule has 0 amide bonds. The molecular weight excluding hydrogens is 473 g/mol. The van der Waals surface area contributed by atoms with Crippen LogP contribution in [0.15, 0.2) is 28.0 Å². The Bertz CT molecular complexity index is 1170. The number of halogens is 3. The van der Waals surface area contributed by atoms with Gasteiger partial charge < -0.3 is 4.74 Å². The number of benzene rings is 1. The van der Waals surface area contributed by atoms with Crippen LogP contribution in [0.25, 0.3) is 0 Å². The minimum atomic E-state index is -4.67. The Morgan fingerprint density at radius 2 is 1.78 bits per heavy atom. The molecule has 1 fully saturated rings. The van der Waals surface area contributed by atoms with Gasteiger partial charge in [-0.2, -0.15) is 22.6 Å². The van der Waals surface area contributed by atoms with Crippen molar-refractivity contribution < 1.29 is 34.7 Å². The van der Waals surface area contributed by atoms with Crippen LogP contribution >= 0.6 is 0 Å². The summed E-state index contributed by atoms with van der Waals surface area (Å²) in [6.45, 7) is 1.85. The second-order valence-corrected chi connectivity index (χ2v) is 11.0. The van der Waals surface area contributed by atoms with Crippen molar-refractivity contribution in [1.82, 2.24) is 14.5 Å². The van der Waals surface area contributed by atoms with E-state index in [2.05, 4.69) is 14.9 Å². The molecule has 9 nitrogen and oxygen atoms in total. The normalized spacial score (nSPS) is 16.2. The van der Waals surface area contributed by atoms with Crippen LogP contribution in [0.5, 0.6) is 5.75 Å². The predicted octanol–water partition coefficient (Wildman–Crippen LogP) is 2.94. The molecule has 2 N–H and O–H groups in total. The average molecular weight is 497 g/mol. The molecule has 0 aliphatic carbocycles. The van der Waals surface area contributed by atoms with E-state index in [0.717, 1.165) is 24.6 Å². The zero-order valence-corrected chi connectivity index (χ0v) is 19.0. The van der Waals surface area contributed by atoms with E-state index in [9.17, 15) is 30.0 Å². The van der Waals surface area contributed by atoms with Crippen LogP contribution in [-0.2, 0) is 20.0 Å². The van der Waals surface area contributed by atoms with E-state index in [-0.39, 0.29) is 21.2 Å². The number of anilines is 1. The Morgan fingerprint density at radius 3 is 2.34 bits per heavy atom. The van der Waals surface area contributed by atoms with E-state index < -0.39 is 44.3 Å². The van der Waals surface area contributed by atoms with E-state index in [1.807, 2.05) is 0 Å². The van der Waals surface area contributed by atoms with Crippen LogP contribution in [0, 0.1) is 13.8 Å². The number of hydrogen-bond donors (Lipinski definition) is 2. The van der Waals surface area contributed by atoms with Crippen molar-refractivity contribution in [2.24, 2.45) is 0 Å². The second kappa shape index (κ2) is 8.90. The third-order valence-corrected chi connectivity index (χ3v) is 8.39. The first-order valence-corrected chi connectivity index (χ1v) is 12.6. The zero-order valence-electron chi connectivity index (χ0n) is 17.4. The number of aromatic amines is 1. The molecule has 0 radical (unpaired) electrons. The van der Waals surface area contributed by atoms with Gasteiger partial charge in [0, 0.05) is 13.1 Å². The number of piperidine rings is 1. The van der Waals surface area contributed by atoms with Crippen molar-refractivity contribution in [3.63, 3.8) is 0 Å². The van der Waals surface area contributed by atoms with Gasteiger partial charge in [0.25, 0.3) is 10.0 Å². The molecule has 0 bridgehead atoms. The SMILES string of the molecule is Cc1n[nH]c(C)c1S(=O)(=O)Nc1cc(S(=O)(=O)N2CCCCC2)ccc1OCC(F)(F)F. The zero-order chi connectivity index (χ0) is 23.7. The molecule has 0 spiro atoms. The van der Waals surface area contributed by atoms with E-state index in [0.29, 0.717) is 25.9 Å². The first-order valence-electron chi connectivity index (χ1n) is 9.69. The smallest absolute Gasteiger partial charge is 0.422 e. The molecule has 2 aromatic rings. The lowest BCUT2D eigenvalue weighted by Crippen LogP contribution is -2.35. The van der Waals surface area contributed by atoms with E-state index in [4.69, 9.17) is 4.74 Å². The fourth-order valence-electron chi connectivity index (χ4n) is 3.42. The molecule has 0 saturated carbocycles. The summed E-state index contributed by atoms with van der Waals surface area (Å²) in [6.07, 6.45) is -2.41. The minimum absolute atomic E-state index is 0.143. The lowest BCUT2D eigenvalue weighted by atomic mass is 10.2. The number of nitrogens with one attached hydrogen (secondary N) is 2. The number of H-pyrrole nitrogens is 1. The van der Waals surface area contributed by atoms with Gasteiger partial charge >= 0.3 is 6.18 Å². The van der Waals surface area contributed by atoms with Gasteiger partial charge in [-0.25, -0.2) is 16.8 Å². The molecule has 14 heteroatoms. The largest absolute Gasteiger partial charge is 0.482 e. The minimum Gasteiger partial charge on any atom is -0.482 e. The maximum atomic E-state index is 13.0. The highest BCUT2D eigenvalue weighted by Crippen LogP contribution is 2.33. The number of hydrogen-bond acceptors (Lipinski definition) is 6. The van der Waals surface area contributed by atoms with Crippen molar-refractivity contribution in [3.05, 3.63) is 29.6 Å². The van der Waals surface area contributed by atoms with Gasteiger partial charge in [-0.15, -0.1) is 0 Å². The van der Waals surface area contributed by atoms with E-state index in [1.54, 1.807) is 0 Å². The van der Waals surface area contributed by atoms with Crippen molar-refractivity contribution in [2.45, 2.75) is 49.1 Å². The monoisotopic (exact) mass is 496 g/mol. The summed E-state index contributed by atoms with van der Waals surface area (Å²) in [5.74, 6) is -0.456. The summed E-state index contributed by atoms with van der Waals surface area (Å²) in [7, 11) is -8.28. The van der Waals surface area contributed by atoms with Gasteiger partial charge in [0.15, 0.2) is 6.61 Å². The van der Waals surface area contributed by atoms with Crippen molar-refractivity contribution >= 4 is 25.7 Å². The molecule has 3 rings (SSSR count). The maximum Gasteiger partial charge on any atom is 0.422 e. The first-order chi connectivity index (χ1) is 14.8. The number of alkyl halides is 3. The maximum absolute atomic E-state index is 13.0. The number of aromatic nitrogens is 2. The third-order valence-electron chi connectivity index (χ3n) is 4.87. The van der Waals surface area contributed by atoms with Gasteiger partial charge in [0.2, 0.25) is 10.0 Å². The van der Waals surface area contributed by atoms with Crippen LogP contribution in [0.3, 0.4) is 0 Å². The fraction of sp³-hybridized carbons (Fsp3) is 0.500. The van der Waals surface area contributed by atoms with Gasteiger partial charge in [0.1, 0.15) is 10.6 Å². The highest BCUT2D eigenvalue weighted by atomic mass is 32.2. The Labute approximate surface area is 184 Å². The quantitative estimate of drug-likeness (QED) is 0.608. The summed E-state index contributed by atoms with van der Waals surface area (Å²) < 4.78 is 98.0. The van der Waals surface area contributed by atoms with Gasteiger partial charge in [-0.05, 0) is 44.9 Å². The summed E-state index contributed by atoms with van der Waals surface area (Å²) >= 11 is 0. The second-order valence-electron chi connectivity index (χ2n) is 7.40. The third kappa shape index (κ3) is 5.35. The highest BCUT2D eigenvalue weighted by Gasteiger charge is 2.31. The Balaban J connectivity index is 2.03. The van der Waals surface area contributed by atoms with Crippen LogP contribution in [-0.4, -0.2) is 57.2 Å². The van der Waals surface area contributed by atoms with Gasteiger partial charge in [-0.1, -0.05) is 6.42 Å². The number of ether oxygens (including phenoxy) is 1. The summed E-state index contributed by atoms with van der Waals surface area (Å²) in [5, 5.41) is 6.32. The van der Waals surface area contributed by atoms with Crippen LogP contribution in [0.2, 0.25) is 0 Å². The first kappa shape index (κ1) is 24.3. The Kier molecular flexibility index (Phi) is 6.77. The molecule has 178 valence electrons. The number of aryl methyl sites for hydroxylation is 2. The van der Waals surface area contributed by atoms with Crippen LogP contribution in [0.4, 0.5) is 18.9 Å². The molecule has 1 saturated heterocycles. The highest BCUT2D eigenvalue weighted by molar-refractivity contribution is 7.92. The number of nitrogens with zero attached hydrogens (tertiary/aromatic N) is 2. The predicted molar refractivity (Wildman–Crippen MR) is 109 cm³/mol. The summed E-state index contributed by atoms with van der Waals surface area (Å²) in [6, 6.07) is 3.08. The summed E-state index contributed by atoms with van der Waals surface area (Å²) in [5.41, 5.74) is -0.0676. The molecule has 1 aromatic heterocycles. The number of sulfonamides is 2. The lowest BCUT2D eigenvalue weighted by Gasteiger charge is -2.26. The van der Waals surface area contributed by atoms with E-state index >= 15 is 0 Å². The number of rotatable bonds is 7.